The molecule has 0 saturated carbocycles. The summed E-state index contributed by atoms with van der Waals surface area (Å²) in [5.41, 5.74) is -0.491. The second-order valence-electron chi connectivity index (χ2n) is 6.20. The van der Waals surface area contributed by atoms with Crippen molar-refractivity contribution >= 4 is 24.8 Å². The maximum Gasteiger partial charge on any atom is 0.416 e. The number of alkyl halides is 3. The number of nitrogens with one attached hydrogen (secondary N) is 1. The molecule has 24 heavy (non-hydrogen) atoms. The molecule has 0 spiro atoms. The number of hydrogen-bond acceptors (Lipinski definition) is 2. The van der Waals surface area contributed by atoms with Gasteiger partial charge in [-0.25, -0.2) is 4.39 Å². The smallest absolute Gasteiger partial charge is 0.314 e. The van der Waals surface area contributed by atoms with Crippen molar-refractivity contribution in [3.63, 3.8) is 0 Å². The minimum atomic E-state index is -4.53. The fraction of sp³-hybridized carbons (Fsp3) is 0.625. The second kappa shape index (κ2) is 9.80. The lowest BCUT2D eigenvalue weighted by atomic mass is 9.93. The Morgan fingerprint density at radius 3 is 2.17 bits per heavy atom. The monoisotopic (exact) mass is 390 g/mol. The van der Waals surface area contributed by atoms with Gasteiger partial charge in [-0.1, -0.05) is 13.8 Å². The Morgan fingerprint density at radius 1 is 1.08 bits per heavy atom. The molecule has 1 aliphatic rings. The molecular weight excluding hydrogens is 367 g/mol. The summed E-state index contributed by atoms with van der Waals surface area (Å²) in [5.74, 6) is -0.508. The van der Waals surface area contributed by atoms with Crippen molar-refractivity contribution in [2.75, 3.05) is 26.2 Å². The first-order valence-electron chi connectivity index (χ1n) is 7.60. The molecular formula is C16H24Cl2F4N2. The van der Waals surface area contributed by atoms with Crippen molar-refractivity contribution in [1.29, 1.82) is 0 Å². The van der Waals surface area contributed by atoms with Gasteiger partial charge in [-0.3, -0.25) is 4.90 Å². The Bertz CT molecular complexity index is 503. The molecule has 0 unspecified atom stereocenters. The molecule has 2 nitrogen and oxygen atoms in total. The topological polar surface area (TPSA) is 15.3 Å². The Hall–Kier alpha value is -0.560. The van der Waals surface area contributed by atoms with E-state index in [0.29, 0.717) is 24.0 Å². The second-order valence-corrected chi connectivity index (χ2v) is 6.20. The fourth-order valence-corrected chi connectivity index (χ4v) is 2.90. The quantitative estimate of drug-likeness (QED) is 0.750. The van der Waals surface area contributed by atoms with Gasteiger partial charge in [0.1, 0.15) is 5.82 Å². The van der Waals surface area contributed by atoms with E-state index in [1.54, 1.807) is 0 Å². The summed E-state index contributed by atoms with van der Waals surface area (Å²) in [6.45, 7) is 7.18. The number of hydrogen-bond donors (Lipinski definition) is 1. The zero-order chi connectivity index (χ0) is 16.3. The molecule has 0 aliphatic carbocycles. The van der Waals surface area contributed by atoms with Gasteiger partial charge in [0.05, 0.1) is 5.56 Å². The number of nitrogens with zero attached hydrogens (tertiary/aromatic N) is 1. The molecule has 1 N–H and O–H groups in total. The molecule has 8 heteroatoms. The summed E-state index contributed by atoms with van der Waals surface area (Å²) in [5, 5.41) is 3.23. The van der Waals surface area contributed by atoms with E-state index in [-0.39, 0.29) is 30.9 Å². The third-order valence-electron chi connectivity index (χ3n) is 3.92. The van der Waals surface area contributed by atoms with Crippen molar-refractivity contribution in [2.24, 2.45) is 5.92 Å². The molecule has 1 aromatic rings. The normalized spacial score (nSPS) is 17.1. The minimum absolute atomic E-state index is 0. The van der Waals surface area contributed by atoms with Crippen LogP contribution in [0.2, 0.25) is 0 Å². The summed E-state index contributed by atoms with van der Waals surface area (Å²) < 4.78 is 52.5. The summed E-state index contributed by atoms with van der Waals surface area (Å²) in [7, 11) is 0. The summed E-state index contributed by atoms with van der Waals surface area (Å²) in [6.07, 6.45) is -3.82. The first-order chi connectivity index (χ1) is 10.3. The van der Waals surface area contributed by atoms with Crippen LogP contribution in [0.15, 0.2) is 18.2 Å². The lowest BCUT2D eigenvalue weighted by molar-refractivity contribution is -0.137. The zero-order valence-corrected chi connectivity index (χ0v) is 15.3. The third kappa shape index (κ3) is 6.39. The molecule has 0 aromatic heterocycles. The van der Waals surface area contributed by atoms with Crippen LogP contribution in [0.5, 0.6) is 0 Å². The van der Waals surface area contributed by atoms with E-state index in [4.69, 9.17) is 0 Å². The highest BCUT2D eigenvalue weighted by Gasteiger charge is 2.33. The summed E-state index contributed by atoms with van der Waals surface area (Å²) in [4.78, 5) is 2.14. The van der Waals surface area contributed by atoms with Crippen LogP contribution in [0.1, 0.15) is 37.4 Å². The molecule has 1 atom stereocenters. The highest BCUT2D eigenvalue weighted by atomic mass is 35.5. The highest BCUT2D eigenvalue weighted by Crippen LogP contribution is 2.35. The van der Waals surface area contributed by atoms with Gasteiger partial charge >= 0.3 is 6.18 Å². The average molecular weight is 391 g/mol. The summed E-state index contributed by atoms with van der Waals surface area (Å²) >= 11 is 0. The van der Waals surface area contributed by atoms with Gasteiger partial charge in [-0.15, -0.1) is 24.8 Å². The standard InChI is InChI=1S/C16H22F4N2.2ClH/c1-11(2)7-15(22-5-3-21-4-6-22)12-8-13(16(18,19)20)10-14(17)9-12;;/h8-11,15,21H,3-7H2,1-2H3;2*1H/t15-;;/m1../s1. The average Bonchev–Trinajstić information content (AvgIpc) is 2.44. The van der Waals surface area contributed by atoms with E-state index in [0.717, 1.165) is 32.2 Å². The predicted molar refractivity (Wildman–Crippen MR) is 92.5 cm³/mol. The molecule has 1 fully saturated rings. The molecule has 1 aromatic carbocycles. The van der Waals surface area contributed by atoms with Crippen LogP contribution in [0.25, 0.3) is 0 Å². The van der Waals surface area contributed by atoms with Gasteiger partial charge in [0.25, 0.3) is 0 Å². The molecule has 1 aliphatic heterocycles. The SMILES string of the molecule is CC(C)C[C@H](c1cc(F)cc(C(F)(F)F)c1)N1CCNCC1.Cl.Cl. The van der Waals surface area contributed by atoms with Crippen molar-refractivity contribution in [3.8, 4) is 0 Å². The Labute approximate surface area is 152 Å². The van der Waals surface area contributed by atoms with Crippen LogP contribution in [-0.2, 0) is 6.18 Å². The number of piperazine rings is 1. The Kier molecular flexibility index (Phi) is 9.57. The van der Waals surface area contributed by atoms with Crippen LogP contribution in [0.4, 0.5) is 17.6 Å². The first kappa shape index (κ1) is 23.4. The molecule has 1 heterocycles. The first-order valence-corrected chi connectivity index (χ1v) is 7.60. The van der Waals surface area contributed by atoms with Crippen molar-refractivity contribution < 1.29 is 17.6 Å². The number of benzene rings is 1. The van der Waals surface area contributed by atoms with Gasteiger partial charge in [0, 0.05) is 32.2 Å². The van der Waals surface area contributed by atoms with Crippen molar-refractivity contribution in [2.45, 2.75) is 32.5 Å². The van der Waals surface area contributed by atoms with Crippen LogP contribution in [0, 0.1) is 11.7 Å². The minimum Gasteiger partial charge on any atom is -0.314 e. The number of rotatable bonds is 4. The molecule has 0 radical (unpaired) electrons. The van der Waals surface area contributed by atoms with E-state index in [2.05, 4.69) is 10.2 Å². The van der Waals surface area contributed by atoms with Crippen molar-refractivity contribution in [1.82, 2.24) is 10.2 Å². The Morgan fingerprint density at radius 2 is 1.67 bits per heavy atom. The van der Waals surface area contributed by atoms with Crippen molar-refractivity contribution in [3.05, 3.63) is 35.1 Å². The Balaban J connectivity index is 0.00000264. The maximum atomic E-state index is 13.7. The van der Waals surface area contributed by atoms with E-state index in [1.807, 2.05) is 13.8 Å². The van der Waals surface area contributed by atoms with Gasteiger partial charge < -0.3 is 5.32 Å². The largest absolute Gasteiger partial charge is 0.416 e. The number of halogens is 6. The van der Waals surface area contributed by atoms with Gasteiger partial charge in [-0.2, -0.15) is 13.2 Å². The fourth-order valence-electron chi connectivity index (χ4n) is 2.90. The third-order valence-corrected chi connectivity index (χ3v) is 3.92. The molecule has 0 amide bonds. The highest BCUT2D eigenvalue weighted by molar-refractivity contribution is 5.85. The zero-order valence-electron chi connectivity index (χ0n) is 13.7. The lowest BCUT2D eigenvalue weighted by Gasteiger charge is -2.36. The maximum absolute atomic E-state index is 13.7. The molecule has 140 valence electrons. The lowest BCUT2D eigenvalue weighted by Crippen LogP contribution is -2.45. The molecule has 2 rings (SSSR count). The van der Waals surface area contributed by atoms with Crippen LogP contribution in [-0.4, -0.2) is 31.1 Å². The summed E-state index contributed by atoms with van der Waals surface area (Å²) in [6, 6.07) is 2.72. The van der Waals surface area contributed by atoms with Crippen LogP contribution >= 0.6 is 24.8 Å². The molecule has 1 saturated heterocycles. The van der Waals surface area contributed by atoms with Gasteiger partial charge in [0.2, 0.25) is 0 Å². The van der Waals surface area contributed by atoms with E-state index in [9.17, 15) is 17.6 Å². The van der Waals surface area contributed by atoms with E-state index >= 15 is 0 Å². The van der Waals surface area contributed by atoms with Crippen LogP contribution in [0.3, 0.4) is 0 Å². The predicted octanol–water partition coefficient (Wildman–Crippen LogP) is 4.68. The van der Waals surface area contributed by atoms with E-state index < -0.39 is 17.6 Å². The van der Waals surface area contributed by atoms with Gasteiger partial charge in [-0.05, 0) is 36.1 Å². The molecule has 0 bridgehead atoms. The van der Waals surface area contributed by atoms with Gasteiger partial charge in [0.15, 0.2) is 0 Å². The van der Waals surface area contributed by atoms with Crippen LogP contribution < -0.4 is 5.32 Å². The van der Waals surface area contributed by atoms with E-state index in [1.165, 1.54) is 6.07 Å².